The molecule has 1 N–H and O–H groups in total. The zero-order valence-electron chi connectivity index (χ0n) is 11.4. The molecule has 2 rings (SSSR count). The van der Waals surface area contributed by atoms with Crippen LogP contribution in [0.1, 0.15) is 32.1 Å². The molecule has 1 atom stereocenters. The van der Waals surface area contributed by atoms with Gasteiger partial charge in [0.15, 0.2) is 0 Å². The summed E-state index contributed by atoms with van der Waals surface area (Å²) in [4.78, 5) is 14.5. The van der Waals surface area contributed by atoms with Crippen LogP contribution in [0.4, 0.5) is 0 Å². The minimum atomic E-state index is -3.74. The molecule has 116 valence electrons. The first-order chi connectivity index (χ1) is 9.93. The fourth-order valence-corrected chi connectivity index (χ4v) is 4.71. The van der Waals surface area contributed by atoms with E-state index >= 15 is 0 Å². The molecule has 1 aliphatic rings. The summed E-state index contributed by atoms with van der Waals surface area (Å²) in [6, 6.07) is 2.65. The Morgan fingerprint density at radius 2 is 2.24 bits per heavy atom. The summed E-state index contributed by atoms with van der Waals surface area (Å²) < 4.78 is 26.8. The zero-order valence-corrected chi connectivity index (χ0v) is 13.0. The molecule has 0 saturated carbocycles. The molecule has 1 fully saturated rings. The van der Waals surface area contributed by atoms with Gasteiger partial charge in [-0.3, -0.25) is 4.79 Å². The number of rotatable bonds is 5. The van der Waals surface area contributed by atoms with Crippen molar-refractivity contribution in [3.05, 3.63) is 23.5 Å². The third-order valence-electron chi connectivity index (χ3n) is 3.58. The summed E-state index contributed by atoms with van der Waals surface area (Å²) in [6.45, 7) is 0.387. The number of aliphatic carboxylic acids is 1. The van der Waals surface area contributed by atoms with Gasteiger partial charge < -0.3 is 5.11 Å². The van der Waals surface area contributed by atoms with Crippen molar-refractivity contribution in [2.24, 2.45) is 0 Å². The number of carbonyl (C=O) groups is 1. The molecule has 0 aromatic carbocycles. The molecule has 1 aliphatic heterocycles. The molecule has 1 saturated heterocycles. The van der Waals surface area contributed by atoms with E-state index in [2.05, 4.69) is 4.98 Å². The zero-order chi connectivity index (χ0) is 15.5. The number of sulfonamides is 1. The number of pyridine rings is 1. The Bertz CT molecular complexity index is 620. The third kappa shape index (κ3) is 3.72. The number of nitrogens with zero attached hydrogens (tertiary/aromatic N) is 2. The SMILES string of the molecule is O=C(O)CCC1CCCCN1S(=O)(=O)c1cccnc1Cl. The predicted molar refractivity (Wildman–Crippen MR) is 77.6 cm³/mol. The summed E-state index contributed by atoms with van der Waals surface area (Å²) >= 11 is 5.89. The van der Waals surface area contributed by atoms with Crippen LogP contribution in [0.2, 0.25) is 5.15 Å². The van der Waals surface area contributed by atoms with Crippen LogP contribution < -0.4 is 0 Å². The minimum Gasteiger partial charge on any atom is -0.481 e. The fourth-order valence-electron chi connectivity index (χ4n) is 2.56. The van der Waals surface area contributed by atoms with Crippen molar-refractivity contribution in [2.45, 2.75) is 43.0 Å². The maximum absolute atomic E-state index is 12.7. The topological polar surface area (TPSA) is 87.6 Å². The van der Waals surface area contributed by atoms with Gasteiger partial charge in [0.2, 0.25) is 10.0 Å². The highest BCUT2D eigenvalue weighted by Gasteiger charge is 2.34. The number of halogens is 1. The highest BCUT2D eigenvalue weighted by molar-refractivity contribution is 7.89. The van der Waals surface area contributed by atoms with Crippen molar-refractivity contribution in [3.63, 3.8) is 0 Å². The molecule has 2 heterocycles. The second-order valence-corrected chi connectivity index (χ2v) is 7.21. The number of hydrogen-bond donors (Lipinski definition) is 1. The van der Waals surface area contributed by atoms with E-state index in [1.165, 1.54) is 22.6 Å². The van der Waals surface area contributed by atoms with Crippen LogP contribution in [-0.4, -0.2) is 41.4 Å². The van der Waals surface area contributed by atoms with Gasteiger partial charge in [-0.2, -0.15) is 4.31 Å². The van der Waals surface area contributed by atoms with Crippen LogP contribution in [0.3, 0.4) is 0 Å². The Morgan fingerprint density at radius 1 is 1.48 bits per heavy atom. The monoisotopic (exact) mass is 332 g/mol. The van der Waals surface area contributed by atoms with Crippen LogP contribution in [-0.2, 0) is 14.8 Å². The van der Waals surface area contributed by atoms with Gasteiger partial charge in [0.1, 0.15) is 10.0 Å². The lowest BCUT2D eigenvalue weighted by Gasteiger charge is -2.34. The second kappa shape index (κ2) is 6.72. The smallest absolute Gasteiger partial charge is 0.303 e. The quantitative estimate of drug-likeness (QED) is 0.835. The normalized spacial score (nSPS) is 20.3. The fraction of sp³-hybridized carbons (Fsp3) is 0.538. The first-order valence-corrected chi connectivity index (χ1v) is 8.59. The highest BCUT2D eigenvalue weighted by atomic mass is 35.5. The summed E-state index contributed by atoms with van der Waals surface area (Å²) in [5.41, 5.74) is 0. The van der Waals surface area contributed by atoms with Crippen molar-refractivity contribution in [1.82, 2.24) is 9.29 Å². The van der Waals surface area contributed by atoms with Gasteiger partial charge in [0, 0.05) is 25.2 Å². The van der Waals surface area contributed by atoms with Crippen molar-refractivity contribution < 1.29 is 18.3 Å². The van der Waals surface area contributed by atoms with E-state index < -0.39 is 16.0 Å². The van der Waals surface area contributed by atoms with Crippen molar-refractivity contribution in [2.75, 3.05) is 6.54 Å². The number of aromatic nitrogens is 1. The number of carboxylic acid groups (broad SMARTS) is 1. The van der Waals surface area contributed by atoms with Gasteiger partial charge in [-0.25, -0.2) is 13.4 Å². The van der Waals surface area contributed by atoms with Crippen LogP contribution >= 0.6 is 11.6 Å². The predicted octanol–water partition coefficient (Wildman–Crippen LogP) is 2.14. The van der Waals surface area contributed by atoms with Gasteiger partial charge in [0.05, 0.1) is 0 Å². The molecule has 1 unspecified atom stereocenters. The Balaban J connectivity index is 2.27. The van der Waals surface area contributed by atoms with Crippen LogP contribution in [0.25, 0.3) is 0 Å². The average Bonchev–Trinajstić information content (AvgIpc) is 2.45. The number of piperidine rings is 1. The van der Waals surface area contributed by atoms with Crippen molar-refractivity contribution in [3.8, 4) is 0 Å². The summed E-state index contributed by atoms with van der Waals surface area (Å²) in [6.07, 6.45) is 4.03. The van der Waals surface area contributed by atoms with Crippen molar-refractivity contribution >= 4 is 27.6 Å². The molecule has 0 radical (unpaired) electrons. The first kappa shape index (κ1) is 16.2. The lowest BCUT2D eigenvalue weighted by Crippen LogP contribution is -2.44. The Morgan fingerprint density at radius 3 is 2.90 bits per heavy atom. The lowest BCUT2D eigenvalue weighted by atomic mass is 10.0. The standard InChI is InChI=1S/C13H17ClN2O4S/c14-13-11(5-3-8-15-13)21(19,20)16-9-2-1-4-10(16)6-7-12(17)18/h3,5,8,10H,1-2,4,6-7,9H2,(H,17,18). The van der Waals surface area contributed by atoms with E-state index in [4.69, 9.17) is 16.7 Å². The van der Waals surface area contributed by atoms with E-state index in [9.17, 15) is 13.2 Å². The maximum Gasteiger partial charge on any atom is 0.303 e. The van der Waals surface area contributed by atoms with E-state index in [0.717, 1.165) is 12.8 Å². The Hall–Kier alpha value is -1.18. The van der Waals surface area contributed by atoms with E-state index in [0.29, 0.717) is 19.4 Å². The molecule has 1 aromatic heterocycles. The number of hydrogen-bond acceptors (Lipinski definition) is 4. The van der Waals surface area contributed by atoms with E-state index in [1.807, 2.05) is 0 Å². The molecule has 1 aromatic rings. The highest BCUT2D eigenvalue weighted by Crippen LogP contribution is 2.30. The molecule has 0 spiro atoms. The summed E-state index contributed by atoms with van der Waals surface area (Å²) in [5, 5.41) is 8.74. The van der Waals surface area contributed by atoms with E-state index in [-0.39, 0.29) is 22.5 Å². The maximum atomic E-state index is 12.7. The van der Waals surface area contributed by atoms with E-state index in [1.54, 1.807) is 0 Å². The van der Waals surface area contributed by atoms with Gasteiger partial charge in [-0.15, -0.1) is 0 Å². The van der Waals surface area contributed by atoms with Gasteiger partial charge in [0.25, 0.3) is 0 Å². The number of carboxylic acids is 1. The van der Waals surface area contributed by atoms with Crippen LogP contribution in [0.5, 0.6) is 0 Å². The largest absolute Gasteiger partial charge is 0.481 e. The average molecular weight is 333 g/mol. The minimum absolute atomic E-state index is 0.0195. The summed E-state index contributed by atoms with van der Waals surface area (Å²) in [5.74, 6) is -0.919. The summed E-state index contributed by atoms with van der Waals surface area (Å²) in [7, 11) is -3.74. The van der Waals surface area contributed by atoms with Gasteiger partial charge in [-0.1, -0.05) is 18.0 Å². The lowest BCUT2D eigenvalue weighted by molar-refractivity contribution is -0.137. The molecule has 6 nitrogen and oxygen atoms in total. The van der Waals surface area contributed by atoms with Gasteiger partial charge >= 0.3 is 5.97 Å². The van der Waals surface area contributed by atoms with Crippen molar-refractivity contribution in [1.29, 1.82) is 0 Å². The molecular formula is C13H17ClN2O4S. The molecule has 21 heavy (non-hydrogen) atoms. The van der Waals surface area contributed by atoms with Crippen LogP contribution in [0.15, 0.2) is 23.2 Å². The van der Waals surface area contributed by atoms with Gasteiger partial charge in [-0.05, 0) is 31.4 Å². The van der Waals surface area contributed by atoms with Crippen LogP contribution in [0, 0.1) is 0 Å². The third-order valence-corrected chi connectivity index (χ3v) is 5.97. The molecule has 0 amide bonds. The second-order valence-electron chi connectivity index (χ2n) is 4.99. The molecule has 8 heteroatoms. The first-order valence-electron chi connectivity index (χ1n) is 6.77. The molecule has 0 aliphatic carbocycles. The molecule has 0 bridgehead atoms. The molecular weight excluding hydrogens is 316 g/mol. The Kier molecular flexibility index (Phi) is 5.18. The Labute approximate surface area is 128 Å².